The van der Waals surface area contributed by atoms with Gasteiger partial charge in [0, 0.05) is 12.8 Å². The quantitative estimate of drug-likeness (QED) is 0.0752. The van der Waals surface area contributed by atoms with Gasteiger partial charge in [-0.1, -0.05) is 173 Å². The summed E-state index contributed by atoms with van der Waals surface area (Å²) < 4.78 is 0. The third-order valence-corrected chi connectivity index (χ3v) is 7.71. The highest BCUT2D eigenvalue weighted by Gasteiger charge is 1.98. The molecule has 0 spiro atoms. The number of hydrogen-bond acceptors (Lipinski definition) is 1. The molecule has 0 aromatic heterocycles. The molecule has 0 heterocycles. The summed E-state index contributed by atoms with van der Waals surface area (Å²) in [5, 5.41) is 8.62. The average molecular weight is 505 g/mol. The van der Waals surface area contributed by atoms with Crippen LogP contribution in [0.1, 0.15) is 199 Å². The first-order valence-corrected chi connectivity index (χ1v) is 16.4. The maximum absolute atomic E-state index is 10.5. The maximum Gasteiger partial charge on any atom is 0.303 e. The van der Waals surface area contributed by atoms with Crippen LogP contribution in [0.15, 0.2) is 0 Å². The van der Waals surface area contributed by atoms with E-state index in [9.17, 15) is 4.79 Å². The molecule has 0 aromatic rings. The number of carboxylic acids is 1. The van der Waals surface area contributed by atoms with Gasteiger partial charge in [-0.15, -0.1) is 12.3 Å². The zero-order valence-corrected chi connectivity index (χ0v) is 24.4. The molecule has 0 fully saturated rings. The molecule has 0 aromatic carbocycles. The highest BCUT2D eigenvalue weighted by molar-refractivity contribution is 5.66. The van der Waals surface area contributed by atoms with E-state index in [0.717, 1.165) is 19.3 Å². The Balaban J connectivity index is 3.02. The van der Waals surface area contributed by atoms with Gasteiger partial charge in [0.15, 0.2) is 0 Å². The summed E-state index contributed by atoms with van der Waals surface area (Å²) in [4.78, 5) is 10.5. The molecule has 0 saturated heterocycles. The molecule has 2 heteroatoms. The Morgan fingerprint density at radius 1 is 0.389 bits per heavy atom. The maximum atomic E-state index is 10.5. The van der Waals surface area contributed by atoms with Crippen molar-refractivity contribution in [3.63, 3.8) is 0 Å². The summed E-state index contributed by atoms with van der Waals surface area (Å²) in [5.74, 6) is 2.08. The highest BCUT2D eigenvalue weighted by atomic mass is 16.4. The first kappa shape index (κ1) is 35.0. The predicted octanol–water partition coefficient (Wildman–Crippen LogP) is 11.8. The highest BCUT2D eigenvalue weighted by Crippen LogP contribution is 2.16. The lowest BCUT2D eigenvalue weighted by Gasteiger charge is -2.04. The van der Waals surface area contributed by atoms with Crippen molar-refractivity contribution in [2.75, 3.05) is 0 Å². The van der Waals surface area contributed by atoms with Gasteiger partial charge in [0.05, 0.1) is 0 Å². The van der Waals surface area contributed by atoms with Crippen LogP contribution in [-0.2, 0) is 4.79 Å². The largest absolute Gasteiger partial charge is 0.481 e. The van der Waals surface area contributed by atoms with Crippen LogP contribution in [0.2, 0.25) is 0 Å². The Bertz CT molecular complexity index is 464. The van der Waals surface area contributed by atoms with Crippen molar-refractivity contribution < 1.29 is 9.90 Å². The molecule has 0 aliphatic carbocycles. The normalized spacial score (nSPS) is 11.1. The minimum atomic E-state index is -0.650. The first-order chi connectivity index (χ1) is 17.8. The number of terminal acetylenes is 1. The van der Waals surface area contributed by atoms with E-state index < -0.39 is 5.97 Å². The summed E-state index contributed by atoms with van der Waals surface area (Å²) in [7, 11) is 0. The lowest BCUT2D eigenvalue weighted by Crippen LogP contribution is -1.93. The molecular formula is C34H64O2. The van der Waals surface area contributed by atoms with Crippen LogP contribution >= 0.6 is 0 Å². The van der Waals surface area contributed by atoms with Crippen LogP contribution in [0.25, 0.3) is 0 Å². The van der Waals surface area contributed by atoms with E-state index in [1.807, 2.05) is 0 Å². The van der Waals surface area contributed by atoms with Gasteiger partial charge in [-0.25, -0.2) is 0 Å². The minimum absolute atomic E-state index is 0.344. The number of aliphatic carboxylic acids is 1. The van der Waals surface area contributed by atoms with Gasteiger partial charge in [-0.3, -0.25) is 4.79 Å². The van der Waals surface area contributed by atoms with E-state index in [2.05, 4.69) is 5.92 Å². The zero-order chi connectivity index (χ0) is 26.2. The minimum Gasteiger partial charge on any atom is -0.481 e. The molecule has 0 atom stereocenters. The van der Waals surface area contributed by atoms with E-state index in [0.29, 0.717) is 6.42 Å². The number of carboxylic acid groups (broad SMARTS) is 1. The van der Waals surface area contributed by atoms with Crippen molar-refractivity contribution in [1.29, 1.82) is 0 Å². The Morgan fingerprint density at radius 3 is 0.778 bits per heavy atom. The third kappa shape index (κ3) is 33.0. The van der Waals surface area contributed by atoms with Gasteiger partial charge in [0.2, 0.25) is 0 Å². The molecule has 0 rings (SSSR count). The second-order valence-corrected chi connectivity index (χ2v) is 11.4. The standard InChI is InChI=1S/C34H64O2/c1-2-3-4-5-6-7-8-9-10-11-12-13-14-15-16-17-18-19-20-21-22-23-24-25-26-27-28-29-30-31-32-33-34(35)36/h1H,3-33H2,(H,35,36). The summed E-state index contributed by atoms with van der Waals surface area (Å²) >= 11 is 0. The van der Waals surface area contributed by atoms with Gasteiger partial charge in [0.1, 0.15) is 0 Å². The van der Waals surface area contributed by atoms with E-state index >= 15 is 0 Å². The van der Waals surface area contributed by atoms with Gasteiger partial charge >= 0.3 is 5.97 Å². The van der Waals surface area contributed by atoms with Crippen molar-refractivity contribution in [2.45, 2.75) is 199 Å². The molecule has 0 aliphatic heterocycles. The molecule has 0 amide bonds. The lowest BCUT2D eigenvalue weighted by molar-refractivity contribution is -0.137. The average Bonchev–Trinajstić information content (AvgIpc) is 2.87. The van der Waals surface area contributed by atoms with E-state index in [-0.39, 0.29) is 0 Å². The first-order valence-electron chi connectivity index (χ1n) is 16.4. The Hall–Kier alpha value is -0.970. The van der Waals surface area contributed by atoms with Crippen molar-refractivity contribution >= 4 is 5.97 Å². The number of hydrogen-bond donors (Lipinski definition) is 1. The molecule has 212 valence electrons. The van der Waals surface area contributed by atoms with Gasteiger partial charge in [0.25, 0.3) is 0 Å². The van der Waals surface area contributed by atoms with Crippen molar-refractivity contribution in [2.24, 2.45) is 0 Å². The van der Waals surface area contributed by atoms with Gasteiger partial charge < -0.3 is 5.11 Å². The lowest BCUT2D eigenvalue weighted by atomic mass is 10.0. The molecule has 0 aliphatic rings. The van der Waals surface area contributed by atoms with Crippen LogP contribution in [0.5, 0.6) is 0 Å². The molecule has 0 saturated carbocycles. The van der Waals surface area contributed by atoms with Crippen LogP contribution in [0.4, 0.5) is 0 Å². The molecule has 0 radical (unpaired) electrons. The van der Waals surface area contributed by atoms with Crippen molar-refractivity contribution in [1.82, 2.24) is 0 Å². The topological polar surface area (TPSA) is 37.3 Å². The molecule has 1 N–H and O–H groups in total. The zero-order valence-electron chi connectivity index (χ0n) is 24.4. The SMILES string of the molecule is C#CCCCCCCCCCCCCCCCCCCCCCCCCCCCCCCCC(=O)O. The third-order valence-electron chi connectivity index (χ3n) is 7.71. The second kappa shape index (κ2) is 32.1. The Morgan fingerprint density at radius 2 is 0.583 bits per heavy atom. The monoisotopic (exact) mass is 504 g/mol. The molecule has 0 bridgehead atoms. The summed E-state index contributed by atoms with van der Waals surface area (Å²) in [6, 6.07) is 0. The van der Waals surface area contributed by atoms with E-state index in [1.165, 1.54) is 173 Å². The number of rotatable bonds is 31. The molecule has 2 nitrogen and oxygen atoms in total. The fourth-order valence-corrected chi connectivity index (χ4v) is 5.28. The summed E-state index contributed by atoms with van der Waals surface area (Å²) in [5.41, 5.74) is 0. The second-order valence-electron chi connectivity index (χ2n) is 11.4. The van der Waals surface area contributed by atoms with Crippen molar-refractivity contribution in [3.05, 3.63) is 0 Å². The number of carbonyl (C=O) groups is 1. The van der Waals surface area contributed by atoms with Crippen LogP contribution in [0.3, 0.4) is 0 Å². The fraction of sp³-hybridized carbons (Fsp3) is 0.912. The molecule has 36 heavy (non-hydrogen) atoms. The van der Waals surface area contributed by atoms with Crippen LogP contribution in [0, 0.1) is 12.3 Å². The van der Waals surface area contributed by atoms with Crippen molar-refractivity contribution in [3.8, 4) is 12.3 Å². The Kier molecular flexibility index (Phi) is 31.2. The van der Waals surface area contributed by atoms with E-state index in [1.54, 1.807) is 0 Å². The van der Waals surface area contributed by atoms with Crippen LogP contribution in [-0.4, -0.2) is 11.1 Å². The van der Waals surface area contributed by atoms with E-state index in [4.69, 9.17) is 11.5 Å². The molecule has 0 unspecified atom stereocenters. The van der Waals surface area contributed by atoms with Gasteiger partial charge in [-0.2, -0.15) is 0 Å². The summed E-state index contributed by atoms with van der Waals surface area (Å²) in [6.45, 7) is 0. The number of unbranched alkanes of at least 4 members (excludes halogenated alkanes) is 29. The predicted molar refractivity (Wildman–Crippen MR) is 160 cm³/mol. The summed E-state index contributed by atoms with van der Waals surface area (Å²) in [6.07, 6.45) is 46.5. The van der Waals surface area contributed by atoms with Crippen LogP contribution < -0.4 is 0 Å². The molecular weight excluding hydrogens is 440 g/mol. The Labute approximate surface area is 227 Å². The fourth-order valence-electron chi connectivity index (χ4n) is 5.28. The van der Waals surface area contributed by atoms with Gasteiger partial charge in [-0.05, 0) is 12.8 Å². The smallest absolute Gasteiger partial charge is 0.303 e.